The van der Waals surface area contributed by atoms with Crippen LogP contribution in [-0.2, 0) is 11.2 Å². The molecule has 3 rings (SSSR count). The van der Waals surface area contributed by atoms with Crippen molar-refractivity contribution in [2.45, 2.75) is 13.3 Å². The molecule has 3 aromatic rings. The van der Waals surface area contributed by atoms with Gasteiger partial charge < -0.3 is 5.32 Å². The molecule has 0 aliphatic carbocycles. The predicted molar refractivity (Wildman–Crippen MR) is 98.8 cm³/mol. The first-order valence-corrected chi connectivity index (χ1v) is 8.85. The average molecular weight is 387 g/mol. The number of hydrogen-bond acceptors (Lipinski definition) is 3. The summed E-state index contributed by atoms with van der Waals surface area (Å²) < 4.78 is 1.01. The Morgan fingerprint density at radius 2 is 1.91 bits per heavy atom. The Hall–Kier alpha value is -1.98. The number of amides is 1. The molecule has 0 saturated carbocycles. The third-order valence-corrected chi connectivity index (χ3v) is 4.68. The summed E-state index contributed by atoms with van der Waals surface area (Å²) in [6.07, 6.45) is 0.345. The molecule has 1 amide bonds. The molecule has 2 aromatic carbocycles. The molecule has 0 unspecified atom stereocenters. The van der Waals surface area contributed by atoms with Crippen molar-refractivity contribution >= 4 is 38.9 Å². The third kappa shape index (κ3) is 4.06. The Balaban J connectivity index is 1.77. The molecule has 0 radical (unpaired) electrons. The van der Waals surface area contributed by atoms with Crippen molar-refractivity contribution in [3.8, 4) is 11.3 Å². The van der Waals surface area contributed by atoms with Gasteiger partial charge >= 0.3 is 0 Å². The zero-order valence-electron chi connectivity index (χ0n) is 12.5. The highest BCUT2D eigenvalue weighted by Gasteiger charge is 2.11. The van der Waals surface area contributed by atoms with Crippen LogP contribution in [0.2, 0.25) is 0 Å². The van der Waals surface area contributed by atoms with Gasteiger partial charge in [0, 0.05) is 15.4 Å². The number of anilines is 1. The zero-order valence-corrected chi connectivity index (χ0v) is 14.9. The van der Waals surface area contributed by atoms with Crippen LogP contribution in [0.5, 0.6) is 0 Å². The van der Waals surface area contributed by atoms with E-state index in [-0.39, 0.29) is 5.91 Å². The molecule has 5 heteroatoms. The van der Waals surface area contributed by atoms with Crippen molar-refractivity contribution in [1.29, 1.82) is 0 Å². The summed E-state index contributed by atoms with van der Waals surface area (Å²) >= 11 is 5.00. The normalized spacial score (nSPS) is 10.5. The number of carbonyl (C=O) groups excluding carboxylic acids is 1. The van der Waals surface area contributed by atoms with E-state index in [1.165, 1.54) is 0 Å². The van der Waals surface area contributed by atoms with Crippen molar-refractivity contribution in [3.63, 3.8) is 0 Å². The fraction of sp³-hybridized carbons (Fsp3) is 0.111. The first-order valence-electron chi connectivity index (χ1n) is 7.17. The third-order valence-electron chi connectivity index (χ3n) is 3.37. The Labute approximate surface area is 147 Å². The summed E-state index contributed by atoms with van der Waals surface area (Å²) in [5.41, 5.74) is 3.61. The molecular formula is C18H15BrN2OS. The second kappa shape index (κ2) is 7.06. The van der Waals surface area contributed by atoms with Crippen LogP contribution < -0.4 is 5.32 Å². The van der Waals surface area contributed by atoms with Gasteiger partial charge in [-0.05, 0) is 30.7 Å². The molecule has 0 aliphatic heterocycles. The number of aromatic nitrogens is 1. The Bertz CT molecular complexity index is 827. The van der Waals surface area contributed by atoms with E-state index in [1.807, 2.05) is 60.8 Å². The minimum Gasteiger partial charge on any atom is -0.325 e. The number of nitrogens with one attached hydrogen (secondary N) is 1. The molecule has 1 aromatic heterocycles. The van der Waals surface area contributed by atoms with E-state index in [0.717, 1.165) is 32.0 Å². The molecule has 0 saturated heterocycles. The van der Waals surface area contributed by atoms with Crippen LogP contribution in [0.3, 0.4) is 0 Å². The van der Waals surface area contributed by atoms with E-state index >= 15 is 0 Å². The molecule has 0 spiro atoms. The maximum absolute atomic E-state index is 12.3. The predicted octanol–water partition coefficient (Wildman–Crippen LogP) is 5.06. The standard InChI is InChI=1S/C18H15BrN2OS/c1-12-20-17(11-23-12)15-4-2-3-5-16(15)21-18(22)10-13-6-8-14(19)9-7-13/h2-9,11H,10H2,1H3,(H,21,22). The van der Waals surface area contributed by atoms with Crippen LogP contribution in [0.4, 0.5) is 5.69 Å². The summed E-state index contributed by atoms with van der Waals surface area (Å²) in [7, 11) is 0. The summed E-state index contributed by atoms with van der Waals surface area (Å²) in [6, 6.07) is 15.5. The van der Waals surface area contributed by atoms with Crippen LogP contribution in [0, 0.1) is 6.92 Å². The summed E-state index contributed by atoms with van der Waals surface area (Å²) in [6.45, 7) is 1.98. The van der Waals surface area contributed by atoms with Crippen LogP contribution in [0.25, 0.3) is 11.3 Å². The van der Waals surface area contributed by atoms with Crippen LogP contribution in [-0.4, -0.2) is 10.9 Å². The lowest BCUT2D eigenvalue weighted by atomic mass is 10.1. The van der Waals surface area contributed by atoms with E-state index in [2.05, 4.69) is 26.2 Å². The lowest BCUT2D eigenvalue weighted by Gasteiger charge is -2.09. The van der Waals surface area contributed by atoms with Crippen molar-refractivity contribution < 1.29 is 4.79 Å². The number of benzene rings is 2. The smallest absolute Gasteiger partial charge is 0.228 e. The zero-order chi connectivity index (χ0) is 16.2. The molecule has 0 aliphatic rings. The van der Waals surface area contributed by atoms with Gasteiger partial charge in [-0.15, -0.1) is 11.3 Å². The monoisotopic (exact) mass is 386 g/mol. The van der Waals surface area contributed by atoms with Crippen molar-refractivity contribution in [2.24, 2.45) is 0 Å². The highest BCUT2D eigenvalue weighted by Crippen LogP contribution is 2.28. The van der Waals surface area contributed by atoms with E-state index < -0.39 is 0 Å². The van der Waals surface area contributed by atoms with Crippen molar-refractivity contribution in [2.75, 3.05) is 5.32 Å². The summed E-state index contributed by atoms with van der Waals surface area (Å²) in [5.74, 6) is -0.0354. The number of hydrogen-bond donors (Lipinski definition) is 1. The molecule has 23 heavy (non-hydrogen) atoms. The number of halogens is 1. The SMILES string of the molecule is Cc1nc(-c2ccccc2NC(=O)Cc2ccc(Br)cc2)cs1. The van der Waals surface area contributed by atoms with Gasteiger partial charge in [0.2, 0.25) is 5.91 Å². The molecule has 1 N–H and O–H groups in total. The van der Waals surface area contributed by atoms with Gasteiger partial charge in [-0.1, -0.05) is 46.3 Å². The lowest BCUT2D eigenvalue weighted by Crippen LogP contribution is -2.15. The molecule has 3 nitrogen and oxygen atoms in total. The number of nitrogens with zero attached hydrogens (tertiary/aromatic N) is 1. The largest absolute Gasteiger partial charge is 0.325 e. The van der Waals surface area contributed by atoms with Gasteiger partial charge in [0.05, 0.1) is 22.8 Å². The summed E-state index contributed by atoms with van der Waals surface area (Å²) in [4.78, 5) is 16.8. The Kier molecular flexibility index (Phi) is 4.88. The molecule has 0 fully saturated rings. The van der Waals surface area contributed by atoms with Crippen LogP contribution in [0.15, 0.2) is 58.4 Å². The lowest BCUT2D eigenvalue weighted by molar-refractivity contribution is -0.115. The van der Waals surface area contributed by atoms with Crippen molar-refractivity contribution in [3.05, 3.63) is 69.0 Å². The van der Waals surface area contributed by atoms with Crippen LogP contribution >= 0.6 is 27.3 Å². The Morgan fingerprint density at radius 1 is 1.17 bits per heavy atom. The number of thiazole rings is 1. The molecular weight excluding hydrogens is 372 g/mol. The number of rotatable bonds is 4. The Morgan fingerprint density at radius 3 is 2.61 bits per heavy atom. The topological polar surface area (TPSA) is 42.0 Å². The number of aryl methyl sites for hydroxylation is 1. The van der Waals surface area contributed by atoms with E-state index in [0.29, 0.717) is 6.42 Å². The molecule has 0 bridgehead atoms. The van der Waals surface area contributed by atoms with Gasteiger partial charge in [0.15, 0.2) is 0 Å². The maximum atomic E-state index is 12.3. The van der Waals surface area contributed by atoms with E-state index in [4.69, 9.17) is 0 Å². The number of para-hydroxylation sites is 1. The summed E-state index contributed by atoms with van der Waals surface area (Å²) in [5, 5.41) is 6.01. The van der Waals surface area contributed by atoms with Crippen LogP contribution in [0.1, 0.15) is 10.6 Å². The highest BCUT2D eigenvalue weighted by molar-refractivity contribution is 9.10. The minimum atomic E-state index is -0.0354. The van der Waals surface area contributed by atoms with Gasteiger partial charge in [-0.3, -0.25) is 4.79 Å². The van der Waals surface area contributed by atoms with Gasteiger partial charge in [-0.2, -0.15) is 0 Å². The fourth-order valence-corrected chi connectivity index (χ4v) is 3.16. The maximum Gasteiger partial charge on any atom is 0.228 e. The van der Waals surface area contributed by atoms with Crippen molar-refractivity contribution in [1.82, 2.24) is 4.98 Å². The van der Waals surface area contributed by atoms with Gasteiger partial charge in [0.25, 0.3) is 0 Å². The average Bonchev–Trinajstić information content (AvgIpc) is 2.96. The second-order valence-electron chi connectivity index (χ2n) is 5.15. The fourth-order valence-electron chi connectivity index (χ4n) is 2.28. The van der Waals surface area contributed by atoms with E-state index in [1.54, 1.807) is 11.3 Å². The second-order valence-corrected chi connectivity index (χ2v) is 7.13. The molecule has 116 valence electrons. The van der Waals surface area contributed by atoms with Gasteiger partial charge in [-0.25, -0.2) is 4.98 Å². The molecule has 1 heterocycles. The number of carbonyl (C=O) groups is 1. The van der Waals surface area contributed by atoms with Gasteiger partial charge in [0.1, 0.15) is 0 Å². The molecule has 0 atom stereocenters. The first-order chi connectivity index (χ1) is 11.1. The first kappa shape index (κ1) is 15.9. The highest BCUT2D eigenvalue weighted by atomic mass is 79.9. The minimum absolute atomic E-state index is 0.0354. The quantitative estimate of drug-likeness (QED) is 0.680. The van der Waals surface area contributed by atoms with E-state index in [9.17, 15) is 4.79 Å².